The van der Waals surface area contributed by atoms with Crippen molar-refractivity contribution in [2.24, 2.45) is 0 Å². The molecular weight excluding hydrogens is 310 g/mol. The van der Waals surface area contributed by atoms with Gasteiger partial charge in [0.15, 0.2) is 6.29 Å². The van der Waals surface area contributed by atoms with E-state index in [2.05, 4.69) is 0 Å². The van der Waals surface area contributed by atoms with Crippen LogP contribution in [0.1, 0.15) is 32.1 Å². The molecule has 2 fully saturated rings. The van der Waals surface area contributed by atoms with Gasteiger partial charge in [-0.05, 0) is 19.3 Å². The van der Waals surface area contributed by atoms with Gasteiger partial charge in [-0.1, -0.05) is 0 Å². The van der Waals surface area contributed by atoms with Crippen LogP contribution in [0.25, 0.3) is 0 Å². The second-order valence-corrected chi connectivity index (χ2v) is 5.60. The first-order valence-electron chi connectivity index (χ1n) is 7.42. The Morgan fingerprint density at radius 2 is 1.79 bits per heavy atom. The Balaban J connectivity index is 0.00000180. The van der Waals surface area contributed by atoms with Gasteiger partial charge in [-0.2, -0.15) is 0 Å². The van der Waals surface area contributed by atoms with Gasteiger partial charge < -0.3 is 35.7 Å². The van der Waals surface area contributed by atoms with Crippen molar-refractivity contribution in [2.75, 3.05) is 53.1 Å². The summed E-state index contributed by atoms with van der Waals surface area (Å²) in [4.78, 5) is 0. The minimum Gasteiger partial charge on any atom is -1.00 e. The highest BCUT2D eigenvalue weighted by Gasteiger charge is 2.31. The standard InChI is InChI=1S/C14H28NO3.BrH/c1-16-12-9-15(7-3-4-8-15)10-13-18-14-6-2-5-11-17-14;/h14H,2-13H2,1H3;1H/q+1;/p-1. The van der Waals surface area contributed by atoms with Gasteiger partial charge in [0.1, 0.15) is 13.1 Å². The highest BCUT2D eigenvalue weighted by Crippen LogP contribution is 2.20. The van der Waals surface area contributed by atoms with Crippen molar-refractivity contribution in [1.29, 1.82) is 0 Å². The average Bonchev–Trinajstić information content (AvgIpc) is 2.87. The zero-order valence-corrected chi connectivity index (χ0v) is 13.7. The maximum atomic E-state index is 5.87. The van der Waals surface area contributed by atoms with Crippen molar-refractivity contribution in [2.45, 2.75) is 38.4 Å². The molecule has 0 saturated carbocycles. The van der Waals surface area contributed by atoms with Crippen LogP contribution >= 0.6 is 0 Å². The Bertz CT molecular complexity index is 229. The molecule has 19 heavy (non-hydrogen) atoms. The molecular formula is C14H28BrNO3. The highest BCUT2D eigenvalue weighted by atomic mass is 79.9. The quantitative estimate of drug-likeness (QED) is 0.546. The van der Waals surface area contributed by atoms with E-state index < -0.39 is 0 Å². The Morgan fingerprint density at radius 3 is 2.42 bits per heavy atom. The first-order valence-corrected chi connectivity index (χ1v) is 7.42. The van der Waals surface area contributed by atoms with Gasteiger partial charge in [0.2, 0.25) is 0 Å². The third-order valence-corrected chi connectivity index (χ3v) is 4.29. The van der Waals surface area contributed by atoms with E-state index in [4.69, 9.17) is 14.2 Å². The van der Waals surface area contributed by atoms with Crippen LogP contribution in [-0.4, -0.2) is 63.9 Å². The molecule has 0 radical (unpaired) electrons. The van der Waals surface area contributed by atoms with Gasteiger partial charge >= 0.3 is 0 Å². The number of rotatable bonds is 7. The van der Waals surface area contributed by atoms with Crippen LogP contribution in [0.15, 0.2) is 0 Å². The summed E-state index contributed by atoms with van der Waals surface area (Å²) in [5.74, 6) is 0. The van der Waals surface area contributed by atoms with Gasteiger partial charge in [-0.15, -0.1) is 0 Å². The fourth-order valence-electron chi connectivity index (χ4n) is 3.07. The molecule has 0 bridgehead atoms. The van der Waals surface area contributed by atoms with E-state index in [0.29, 0.717) is 0 Å². The van der Waals surface area contributed by atoms with Crippen molar-refractivity contribution < 1.29 is 35.7 Å². The Labute approximate surface area is 127 Å². The minimum atomic E-state index is 0. The number of ether oxygens (including phenoxy) is 3. The highest BCUT2D eigenvalue weighted by molar-refractivity contribution is 4.57. The summed E-state index contributed by atoms with van der Waals surface area (Å²) in [6.45, 7) is 7.38. The number of hydrogen-bond acceptors (Lipinski definition) is 3. The van der Waals surface area contributed by atoms with Crippen molar-refractivity contribution >= 4 is 0 Å². The van der Waals surface area contributed by atoms with E-state index in [1.54, 1.807) is 7.11 Å². The summed E-state index contributed by atoms with van der Waals surface area (Å²) in [6, 6.07) is 0. The van der Waals surface area contributed by atoms with Crippen molar-refractivity contribution in [3.63, 3.8) is 0 Å². The first-order chi connectivity index (χ1) is 8.85. The predicted molar refractivity (Wildman–Crippen MR) is 70.4 cm³/mol. The number of quaternary nitrogens is 1. The van der Waals surface area contributed by atoms with Gasteiger partial charge in [0.05, 0.1) is 26.3 Å². The smallest absolute Gasteiger partial charge is 0.157 e. The van der Waals surface area contributed by atoms with Crippen LogP contribution in [0.3, 0.4) is 0 Å². The number of likely N-dealkylation sites (tertiary alicyclic amines) is 1. The maximum Gasteiger partial charge on any atom is 0.157 e. The molecule has 2 aliphatic heterocycles. The summed E-state index contributed by atoms with van der Waals surface area (Å²) in [6.07, 6.45) is 6.26. The SMILES string of the molecule is COCC[N+]1(CCOC2CCCCO2)CCCC1.[Br-]. The number of halogens is 1. The molecule has 1 atom stereocenters. The molecule has 4 nitrogen and oxygen atoms in total. The lowest BCUT2D eigenvalue weighted by Crippen LogP contribution is -3.00. The summed E-state index contributed by atoms with van der Waals surface area (Å²) in [7, 11) is 1.79. The van der Waals surface area contributed by atoms with Crippen molar-refractivity contribution in [3.05, 3.63) is 0 Å². The van der Waals surface area contributed by atoms with Gasteiger partial charge in [-0.25, -0.2) is 0 Å². The maximum absolute atomic E-state index is 5.87. The summed E-state index contributed by atoms with van der Waals surface area (Å²) in [5, 5.41) is 0. The molecule has 2 rings (SSSR count). The number of nitrogens with zero attached hydrogens (tertiary/aromatic N) is 1. The molecule has 0 aromatic rings. The lowest BCUT2D eigenvalue weighted by Gasteiger charge is -2.34. The molecule has 0 aromatic heterocycles. The van der Waals surface area contributed by atoms with Gasteiger partial charge in [0, 0.05) is 26.6 Å². The Hall–Kier alpha value is 0.320. The minimum absolute atomic E-state index is 0. The number of methoxy groups -OCH3 is 1. The molecule has 1 unspecified atom stereocenters. The van der Waals surface area contributed by atoms with Crippen LogP contribution in [-0.2, 0) is 14.2 Å². The van der Waals surface area contributed by atoms with E-state index in [-0.39, 0.29) is 23.3 Å². The Morgan fingerprint density at radius 1 is 1.05 bits per heavy atom. The normalized spacial score (nSPS) is 26.1. The molecule has 5 heteroatoms. The van der Waals surface area contributed by atoms with Crippen LogP contribution in [0.2, 0.25) is 0 Å². The molecule has 114 valence electrons. The molecule has 0 aromatic carbocycles. The summed E-state index contributed by atoms with van der Waals surface area (Å²) in [5.41, 5.74) is 0. The molecule has 0 spiro atoms. The third kappa shape index (κ3) is 5.68. The van der Waals surface area contributed by atoms with E-state index in [9.17, 15) is 0 Å². The monoisotopic (exact) mass is 337 g/mol. The zero-order valence-electron chi connectivity index (χ0n) is 12.1. The molecule has 0 aliphatic carbocycles. The van der Waals surface area contributed by atoms with E-state index in [1.807, 2.05) is 0 Å². The van der Waals surface area contributed by atoms with E-state index in [0.717, 1.165) is 39.3 Å². The topological polar surface area (TPSA) is 27.7 Å². The zero-order chi connectivity index (χ0) is 12.7. The Kier molecular flexibility index (Phi) is 8.50. The number of hydrogen-bond donors (Lipinski definition) is 0. The molecule has 0 N–H and O–H groups in total. The van der Waals surface area contributed by atoms with Crippen molar-refractivity contribution in [1.82, 2.24) is 0 Å². The fourth-order valence-corrected chi connectivity index (χ4v) is 3.07. The van der Waals surface area contributed by atoms with Crippen LogP contribution in [0.4, 0.5) is 0 Å². The van der Waals surface area contributed by atoms with Crippen LogP contribution in [0.5, 0.6) is 0 Å². The summed E-state index contributed by atoms with van der Waals surface area (Å²) >= 11 is 0. The second-order valence-electron chi connectivity index (χ2n) is 5.60. The van der Waals surface area contributed by atoms with Crippen LogP contribution in [0, 0.1) is 0 Å². The molecule has 2 heterocycles. The average molecular weight is 338 g/mol. The fraction of sp³-hybridized carbons (Fsp3) is 1.00. The summed E-state index contributed by atoms with van der Waals surface area (Å²) < 4.78 is 17.9. The van der Waals surface area contributed by atoms with E-state index >= 15 is 0 Å². The lowest BCUT2D eigenvalue weighted by atomic mass is 10.2. The molecule has 2 saturated heterocycles. The third-order valence-electron chi connectivity index (χ3n) is 4.29. The lowest BCUT2D eigenvalue weighted by molar-refractivity contribution is -0.917. The largest absolute Gasteiger partial charge is 1.00 e. The molecule has 2 aliphatic rings. The van der Waals surface area contributed by atoms with Crippen molar-refractivity contribution in [3.8, 4) is 0 Å². The first kappa shape index (κ1) is 17.4. The van der Waals surface area contributed by atoms with E-state index in [1.165, 1.54) is 43.3 Å². The van der Waals surface area contributed by atoms with Gasteiger partial charge in [-0.3, -0.25) is 0 Å². The molecule has 0 amide bonds. The van der Waals surface area contributed by atoms with Gasteiger partial charge in [0.25, 0.3) is 0 Å². The van der Waals surface area contributed by atoms with Crippen LogP contribution < -0.4 is 17.0 Å². The second kappa shape index (κ2) is 9.29. The predicted octanol–water partition coefficient (Wildman–Crippen LogP) is -1.21.